The van der Waals surface area contributed by atoms with Gasteiger partial charge in [0, 0.05) is 25.6 Å². The standard InChI is InChI=1S/C15H24BN4O6P/c1-7-9(6-19(3)5-4-17-15(24)25)12(14(23)26-27-18-16)20-11(7)10(8(2)21)13(20)22/h7-8,10-11,17-18,21,27H,4-6H2,1-3H3,(H,24,25)/t7-,8+,10+,11+/m0/s1. The van der Waals surface area contributed by atoms with Gasteiger partial charge >= 0.3 is 12.1 Å². The number of aliphatic hydroxyl groups is 1. The number of carboxylic acid groups (broad SMARTS) is 1. The molecule has 2 aliphatic rings. The van der Waals surface area contributed by atoms with Crippen LogP contribution >= 0.6 is 8.96 Å². The van der Waals surface area contributed by atoms with Crippen LogP contribution in [-0.2, 0) is 14.1 Å². The predicted octanol–water partition coefficient (Wildman–Crippen LogP) is -0.978. The zero-order valence-electron chi connectivity index (χ0n) is 15.4. The number of aliphatic hydroxyl groups excluding tert-OH is 1. The van der Waals surface area contributed by atoms with Gasteiger partial charge in [0.15, 0.2) is 7.98 Å². The Balaban J connectivity index is 2.20. The summed E-state index contributed by atoms with van der Waals surface area (Å²) in [6, 6.07) is -0.297. The third-order valence-corrected chi connectivity index (χ3v) is 5.33. The first-order chi connectivity index (χ1) is 12.7. The molecule has 148 valence electrons. The van der Waals surface area contributed by atoms with Crippen molar-refractivity contribution in [1.82, 2.24) is 20.1 Å². The summed E-state index contributed by atoms with van der Waals surface area (Å²) in [4.78, 5) is 41.1. The van der Waals surface area contributed by atoms with Gasteiger partial charge in [0.1, 0.15) is 14.7 Å². The van der Waals surface area contributed by atoms with E-state index in [1.165, 1.54) is 4.90 Å². The van der Waals surface area contributed by atoms with E-state index in [1.54, 1.807) is 14.0 Å². The zero-order valence-corrected chi connectivity index (χ0v) is 16.4. The molecule has 5 atom stereocenters. The summed E-state index contributed by atoms with van der Waals surface area (Å²) < 4.78 is 5.07. The SMILES string of the molecule is [B]NPOC(=O)C1=C(CN(C)CCNC(=O)O)[C@H](C)[C@@H]2[C@@H]([C@@H](C)O)C(=O)N12. The maximum atomic E-state index is 12.5. The van der Waals surface area contributed by atoms with E-state index in [1.807, 2.05) is 11.8 Å². The number of fused-ring (bicyclic) bond motifs is 1. The maximum absolute atomic E-state index is 12.5. The third-order valence-electron chi connectivity index (χ3n) is 4.92. The van der Waals surface area contributed by atoms with Crippen LogP contribution in [0.4, 0.5) is 4.79 Å². The minimum atomic E-state index is -1.11. The first kappa shape index (κ1) is 21.6. The molecule has 0 aromatic heterocycles. The first-order valence-electron chi connectivity index (χ1n) is 8.52. The number of carbonyl (C=O) groups excluding carboxylic acids is 2. The van der Waals surface area contributed by atoms with Crippen LogP contribution in [0, 0.1) is 11.8 Å². The predicted molar refractivity (Wildman–Crippen MR) is 98.8 cm³/mol. The second-order valence-corrected chi connectivity index (χ2v) is 7.43. The number of amides is 2. The minimum Gasteiger partial charge on any atom is -0.465 e. The van der Waals surface area contributed by atoms with Crippen molar-refractivity contribution >= 4 is 34.9 Å². The highest BCUT2D eigenvalue weighted by Gasteiger charge is 2.59. The Bertz CT molecular complexity index is 646. The van der Waals surface area contributed by atoms with E-state index in [0.29, 0.717) is 13.1 Å². The molecule has 2 aliphatic heterocycles. The lowest BCUT2D eigenvalue weighted by atomic mass is 9.77. The summed E-state index contributed by atoms with van der Waals surface area (Å²) in [6.45, 7) is 4.48. The van der Waals surface area contributed by atoms with Gasteiger partial charge in [-0.3, -0.25) is 4.79 Å². The molecular weight excluding hydrogens is 374 g/mol. The molecule has 1 saturated heterocycles. The quantitative estimate of drug-likeness (QED) is 0.222. The van der Waals surface area contributed by atoms with Crippen molar-refractivity contribution in [3.8, 4) is 0 Å². The van der Waals surface area contributed by atoms with Gasteiger partial charge in [0.05, 0.1) is 18.1 Å². The van der Waals surface area contributed by atoms with E-state index in [9.17, 15) is 19.5 Å². The topological polar surface area (TPSA) is 131 Å². The van der Waals surface area contributed by atoms with Crippen LogP contribution in [-0.4, -0.2) is 84.8 Å². The number of nitrogens with zero attached hydrogens (tertiary/aromatic N) is 2. The third kappa shape index (κ3) is 4.43. The number of rotatable bonds is 9. The van der Waals surface area contributed by atoms with Crippen LogP contribution in [0.5, 0.6) is 0 Å². The molecule has 0 saturated carbocycles. The van der Waals surface area contributed by atoms with Crippen LogP contribution < -0.4 is 10.3 Å². The monoisotopic (exact) mass is 398 g/mol. The van der Waals surface area contributed by atoms with Gasteiger partial charge in [0.2, 0.25) is 5.91 Å². The second kappa shape index (κ2) is 9.01. The molecular formula is C15H24BN4O6P. The molecule has 4 N–H and O–H groups in total. The number of β-lactam (4-membered cyclic amide) rings is 1. The van der Waals surface area contributed by atoms with Gasteiger partial charge in [-0.05, 0) is 19.5 Å². The number of hydrogen-bond donors (Lipinski definition) is 4. The molecule has 0 aromatic carbocycles. The number of hydrogen-bond acceptors (Lipinski definition) is 7. The molecule has 10 nitrogen and oxygen atoms in total. The van der Waals surface area contributed by atoms with E-state index >= 15 is 0 Å². The largest absolute Gasteiger partial charge is 0.465 e. The zero-order chi connectivity index (χ0) is 20.3. The van der Waals surface area contributed by atoms with Crippen LogP contribution in [0.3, 0.4) is 0 Å². The summed E-state index contributed by atoms with van der Waals surface area (Å²) >= 11 is 0. The van der Waals surface area contributed by atoms with Crippen molar-refractivity contribution in [1.29, 1.82) is 0 Å². The molecule has 2 rings (SSSR count). The van der Waals surface area contributed by atoms with E-state index in [-0.39, 0.29) is 30.1 Å². The molecule has 0 aromatic rings. The molecule has 2 heterocycles. The molecule has 0 spiro atoms. The molecule has 1 fully saturated rings. The van der Waals surface area contributed by atoms with Crippen LogP contribution in [0.15, 0.2) is 11.3 Å². The maximum Gasteiger partial charge on any atom is 0.404 e. The average molecular weight is 398 g/mol. The molecule has 27 heavy (non-hydrogen) atoms. The van der Waals surface area contributed by atoms with Crippen molar-refractivity contribution in [2.75, 3.05) is 26.7 Å². The van der Waals surface area contributed by atoms with Crippen molar-refractivity contribution in [3.05, 3.63) is 11.3 Å². The van der Waals surface area contributed by atoms with Crippen LogP contribution in [0.1, 0.15) is 13.8 Å². The molecule has 1 unspecified atom stereocenters. The number of carbonyl (C=O) groups is 3. The smallest absolute Gasteiger partial charge is 0.404 e. The Morgan fingerprint density at radius 2 is 2.15 bits per heavy atom. The lowest BCUT2D eigenvalue weighted by molar-refractivity contribution is -0.162. The lowest BCUT2D eigenvalue weighted by Crippen LogP contribution is -2.63. The average Bonchev–Trinajstić information content (AvgIpc) is 2.81. The fourth-order valence-electron chi connectivity index (χ4n) is 3.69. The van der Waals surface area contributed by atoms with Gasteiger partial charge in [-0.15, -0.1) is 0 Å². The Labute approximate surface area is 160 Å². The van der Waals surface area contributed by atoms with Crippen molar-refractivity contribution < 1.29 is 29.1 Å². The van der Waals surface area contributed by atoms with Gasteiger partial charge in [-0.25, -0.2) is 9.59 Å². The van der Waals surface area contributed by atoms with Gasteiger partial charge in [0.25, 0.3) is 0 Å². The molecule has 0 aliphatic carbocycles. The Hall–Kier alpha value is -1.68. The van der Waals surface area contributed by atoms with Crippen molar-refractivity contribution in [3.63, 3.8) is 0 Å². The number of likely N-dealkylation sites (N-methyl/N-ethyl adjacent to an activating group) is 1. The summed E-state index contributed by atoms with van der Waals surface area (Å²) in [5.74, 6) is -1.66. The normalized spacial score (nSPS) is 25.7. The molecule has 2 radical (unpaired) electrons. The summed E-state index contributed by atoms with van der Waals surface area (Å²) in [6.07, 6.45) is -1.92. The highest BCUT2D eigenvalue weighted by molar-refractivity contribution is 7.32. The van der Waals surface area contributed by atoms with Crippen LogP contribution in [0.25, 0.3) is 0 Å². The van der Waals surface area contributed by atoms with Gasteiger partial charge in [-0.1, -0.05) is 6.92 Å². The van der Waals surface area contributed by atoms with E-state index < -0.39 is 33.0 Å². The summed E-state index contributed by atoms with van der Waals surface area (Å²) in [5.41, 5.74) is 0.913. The fraction of sp³-hybridized carbons (Fsp3) is 0.667. The van der Waals surface area contributed by atoms with E-state index in [2.05, 4.69) is 10.3 Å². The Morgan fingerprint density at radius 1 is 1.48 bits per heavy atom. The first-order valence-corrected chi connectivity index (χ1v) is 9.42. The highest BCUT2D eigenvalue weighted by Crippen LogP contribution is 2.47. The number of nitrogens with one attached hydrogen (secondary N) is 2. The van der Waals surface area contributed by atoms with Gasteiger partial charge in [-0.2, -0.15) is 0 Å². The Morgan fingerprint density at radius 3 is 2.70 bits per heavy atom. The second-order valence-electron chi connectivity index (χ2n) is 6.73. The molecule has 2 amide bonds. The summed E-state index contributed by atoms with van der Waals surface area (Å²) in [7, 11) is 6.50. The van der Waals surface area contributed by atoms with E-state index in [4.69, 9.17) is 17.6 Å². The van der Waals surface area contributed by atoms with Crippen molar-refractivity contribution in [2.45, 2.75) is 26.0 Å². The lowest BCUT2D eigenvalue weighted by Gasteiger charge is -2.46. The van der Waals surface area contributed by atoms with Gasteiger partial charge < -0.3 is 34.9 Å². The molecule has 0 bridgehead atoms. The van der Waals surface area contributed by atoms with Crippen LogP contribution in [0.2, 0.25) is 0 Å². The summed E-state index contributed by atoms with van der Waals surface area (Å²) in [5, 5.41) is 20.9. The fourth-order valence-corrected chi connectivity index (χ4v) is 3.94. The minimum absolute atomic E-state index is 0.145. The highest BCUT2D eigenvalue weighted by atomic mass is 31.1. The van der Waals surface area contributed by atoms with Crippen molar-refractivity contribution in [2.24, 2.45) is 11.8 Å². The Kier molecular flexibility index (Phi) is 7.22. The molecule has 12 heteroatoms. The van der Waals surface area contributed by atoms with E-state index in [0.717, 1.165) is 5.57 Å².